The van der Waals surface area contributed by atoms with Gasteiger partial charge in [0.05, 0.1) is 11.4 Å². The Labute approximate surface area is 158 Å². The molecule has 1 heterocycles. The van der Waals surface area contributed by atoms with E-state index in [0.29, 0.717) is 4.88 Å². The van der Waals surface area contributed by atoms with Gasteiger partial charge in [-0.1, -0.05) is 12.1 Å². The molecule has 2 aromatic rings. The molecular formula is C20H24N2O3S. The summed E-state index contributed by atoms with van der Waals surface area (Å²) in [6.07, 6.45) is 0.255. The molecule has 0 aliphatic carbocycles. The standard InChI is InChI=1S/C20H24N2O3S/c1-13-6-5-7-16(15(13)3)21-19(24)12-22(4)20(25)11-9-17(23)18-10-8-14(2)26-18/h5-8,10H,9,11-12H2,1-4H3,(H,21,24). The van der Waals surface area contributed by atoms with Crippen LogP contribution >= 0.6 is 11.3 Å². The van der Waals surface area contributed by atoms with Gasteiger partial charge in [-0.3, -0.25) is 14.4 Å². The van der Waals surface area contributed by atoms with E-state index in [-0.39, 0.29) is 37.0 Å². The highest BCUT2D eigenvalue weighted by Crippen LogP contribution is 2.19. The number of hydrogen-bond acceptors (Lipinski definition) is 4. The van der Waals surface area contributed by atoms with E-state index in [1.807, 2.05) is 45.0 Å². The maximum Gasteiger partial charge on any atom is 0.243 e. The number of thiophene rings is 1. The average Bonchev–Trinajstić information content (AvgIpc) is 3.03. The maximum atomic E-state index is 12.2. The Kier molecular flexibility index (Phi) is 6.69. The zero-order chi connectivity index (χ0) is 19.3. The van der Waals surface area contributed by atoms with Gasteiger partial charge in [0.1, 0.15) is 0 Å². The first kappa shape index (κ1) is 19.8. The third-order valence-electron chi connectivity index (χ3n) is 4.27. The van der Waals surface area contributed by atoms with Crippen molar-refractivity contribution in [3.8, 4) is 0 Å². The Bertz CT molecular complexity index is 826. The zero-order valence-electron chi connectivity index (χ0n) is 15.6. The van der Waals surface area contributed by atoms with Crippen LogP contribution in [0.3, 0.4) is 0 Å². The molecule has 0 fully saturated rings. The molecule has 0 atom stereocenters. The van der Waals surface area contributed by atoms with Crippen LogP contribution in [0.1, 0.15) is 38.5 Å². The van der Waals surface area contributed by atoms with Crippen LogP contribution in [-0.4, -0.2) is 36.1 Å². The first-order chi connectivity index (χ1) is 12.3. The third-order valence-corrected chi connectivity index (χ3v) is 5.31. The predicted molar refractivity (Wildman–Crippen MR) is 105 cm³/mol. The summed E-state index contributed by atoms with van der Waals surface area (Å²) >= 11 is 1.43. The van der Waals surface area contributed by atoms with Gasteiger partial charge in [-0.05, 0) is 50.1 Å². The Morgan fingerprint density at radius 2 is 1.77 bits per heavy atom. The minimum absolute atomic E-state index is 0.0373. The molecule has 138 valence electrons. The number of hydrogen-bond donors (Lipinski definition) is 1. The fraction of sp³-hybridized carbons (Fsp3) is 0.350. The van der Waals surface area contributed by atoms with Gasteiger partial charge in [-0.25, -0.2) is 0 Å². The summed E-state index contributed by atoms with van der Waals surface area (Å²) in [6, 6.07) is 9.37. The molecule has 0 saturated carbocycles. The van der Waals surface area contributed by atoms with E-state index in [1.165, 1.54) is 16.2 Å². The van der Waals surface area contributed by atoms with Gasteiger partial charge in [0.2, 0.25) is 11.8 Å². The number of Topliss-reactive ketones (excluding diaryl/α,β-unsaturated/α-hetero) is 1. The van der Waals surface area contributed by atoms with Crippen molar-refractivity contribution >= 4 is 34.6 Å². The van der Waals surface area contributed by atoms with Gasteiger partial charge in [-0.15, -0.1) is 11.3 Å². The Morgan fingerprint density at radius 3 is 2.42 bits per heavy atom. The van der Waals surface area contributed by atoms with E-state index in [1.54, 1.807) is 13.1 Å². The molecule has 0 radical (unpaired) electrons. The number of anilines is 1. The molecule has 1 aromatic heterocycles. The molecule has 1 N–H and O–H groups in total. The maximum absolute atomic E-state index is 12.2. The largest absolute Gasteiger partial charge is 0.336 e. The summed E-state index contributed by atoms with van der Waals surface area (Å²) < 4.78 is 0. The lowest BCUT2D eigenvalue weighted by atomic mass is 10.1. The summed E-state index contributed by atoms with van der Waals surface area (Å²) in [4.78, 5) is 39.5. The minimum Gasteiger partial charge on any atom is -0.336 e. The number of nitrogens with zero attached hydrogens (tertiary/aromatic N) is 1. The van der Waals surface area contributed by atoms with Crippen LogP contribution in [0.25, 0.3) is 0 Å². The summed E-state index contributed by atoms with van der Waals surface area (Å²) in [6.45, 7) is 5.82. The van der Waals surface area contributed by atoms with E-state index < -0.39 is 0 Å². The van der Waals surface area contributed by atoms with E-state index in [9.17, 15) is 14.4 Å². The summed E-state index contributed by atoms with van der Waals surface area (Å²) in [5, 5.41) is 2.83. The van der Waals surface area contributed by atoms with Gasteiger partial charge in [-0.2, -0.15) is 0 Å². The Hall–Kier alpha value is -2.47. The third kappa shape index (κ3) is 5.26. The van der Waals surface area contributed by atoms with Gasteiger partial charge >= 0.3 is 0 Å². The van der Waals surface area contributed by atoms with Crippen molar-refractivity contribution in [3.63, 3.8) is 0 Å². The summed E-state index contributed by atoms with van der Waals surface area (Å²) in [5.41, 5.74) is 2.85. The first-order valence-corrected chi connectivity index (χ1v) is 9.29. The molecule has 2 rings (SSSR count). The van der Waals surface area contributed by atoms with Crippen LogP contribution in [0.4, 0.5) is 5.69 Å². The topological polar surface area (TPSA) is 66.5 Å². The molecule has 0 unspecified atom stereocenters. The molecule has 0 spiro atoms. The number of benzene rings is 1. The number of amides is 2. The highest BCUT2D eigenvalue weighted by Gasteiger charge is 2.16. The SMILES string of the molecule is Cc1ccc(C(=O)CCC(=O)N(C)CC(=O)Nc2cccc(C)c2C)s1. The van der Waals surface area contributed by atoms with E-state index in [4.69, 9.17) is 0 Å². The van der Waals surface area contributed by atoms with Crippen molar-refractivity contribution in [2.75, 3.05) is 18.9 Å². The lowest BCUT2D eigenvalue weighted by Crippen LogP contribution is -2.35. The number of likely N-dealkylation sites (N-methyl/N-ethyl adjacent to an activating group) is 1. The molecule has 0 saturated heterocycles. The van der Waals surface area contributed by atoms with Crippen LogP contribution in [0, 0.1) is 20.8 Å². The number of carbonyl (C=O) groups is 3. The van der Waals surface area contributed by atoms with Crippen LogP contribution in [0.15, 0.2) is 30.3 Å². The number of nitrogens with one attached hydrogen (secondary N) is 1. The lowest BCUT2D eigenvalue weighted by Gasteiger charge is -2.17. The van der Waals surface area contributed by atoms with Gasteiger partial charge in [0, 0.05) is 30.5 Å². The first-order valence-electron chi connectivity index (χ1n) is 8.47. The quantitative estimate of drug-likeness (QED) is 0.753. The minimum atomic E-state index is -0.255. The normalized spacial score (nSPS) is 10.5. The van der Waals surface area contributed by atoms with Crippen LogP contribution < -0.4 is 5.32 Å². The number of carbonyl (C=O) groups excluding carboxylic acids is 3. The van der Waals surface area contributed by atoms with Crippen LogP contribution in [0.5, 0.6) is 0 Å². The molecule has 0 aliphatic heterocycles. The van der Waals surface area contributed by atoms with Crippen molar-refractivity contribution < 1.29 is 14.4 Å². The smallest absolute Gasteiger partial charge is 0.243 e. The van der Waals surface area contributed by atoms with E-state index in [0.717, 1.165) is 21.7 Å². The number of aryl methyl sites for hydroxylation is 2. The van der Waals surface area contributed by atoms with Crippen LogP contribution in [-0.2, 0) is 9.59 Å². The fourth-order valence-corrected chi connectivity index (χ4v) is 3.33. The zero-order valence-corrected chi connectivity index (χ0v) is 16.4. The molecule has 0 aliphatic rings. The summed E-state index contributed by atoms with van der Waals surface area (Å²) in [7, 11) is 1.57. The molecule has 26 heavy (non-hydrogen) atoms. The molecule has 1 aromatic carbocycles. The monoisotopic (exact) mass is 372 g/mol. The van der Waals surface area contributed by atoms with E-state index >= 15 is 0 Å². The fourth-order valence-electron chi connectivity index (χ4n) is 2.50. The molecular weight excluding hydrogens is 348 g/mol. The van der Waals surface area contributed by atoms with Crippen molar-refractivity contribution in [2.24, 2.45) is 0 Å². The highest BCUT2D eigenvalue weighted by molar-refractivity contribution is 7.14. The second-order valence-corrected chi connectivity index (χ2v) is 7.67. The van der Waals surface area contributed by atoms with Gasteiger partial charge < -0.3 is 10.2 Å². The van der Waals surface area contributed by atoms with Crippen molar-refractivity contribution in [1.29, 1.82) is 0 Å². The van der Waals surface area contributed by atoms with Crippen molar-refractivity contribution in [1.82, 2.24) is 4.90 Å². The van der Waals surface area contributed by atoms with Crippen LogP contribution in [0.2, 0.25) is 0 Å². The Morgan fingerprint density at radius 1 is 1.04 bits per heavy atom. The van der Waals surface area contributed by atoms with Gasteiger partial charge in [0.25, 0.3) is 0 Å². The number of rotatable bonds is 7. The number of ketones is 1. The second kappa shape index (κ2) is 8.76. The predicted octanol–water partition coefficient (Wildman–Crippen LogP) is 3.73. The highest BCUT2D eigenvalue weighted by atomic mass is 32.1. The van der Waals surface area contributed by atoms with E-state index in [2.05, 4.69) is 5.32 Å². The molecule has 5 nitrogen and oxygen atoms in total. The molecule has 0 bridgehead atoms. The van der Waals surface area contributed by atoms with Crippen molar-refractivity contribution in [3.05, 3.63) is 51.2 Å². The molecule has 2 amide bonds. The summed E-state index contributed by atoms with van der Waals surface area (Å²) in [5.74, 6) is -0.512. The second-order valence-electron chi connectivity index (χ2n) is 6.38. The lowest BCUT2D eigenvalue weighted by molar-refractivity contribution is -0.133. The Balaban J connectivity index is 1.83. The molecule has 6 heteroatoms. The average molecular weight is 372 g/mol. The van der Waals surface area contributed by atoms with Crippen molar-refractivity contribution in [2.45, 2.75) is 33.6 Å². The van der Waals surface area contributed by atoms with Gasteiger partial charge in [0.15, 0.2) is 5.78 Å².